The predicted molar refractivity (Wildman–Crippen MR) is 131 cm³/mol. The van der Waals surface area contributed by atoms with Gasteiger partial charge in [0.2, 0.25) is 0 Å². The normalized spacial score (nSPS) is 15.1. The minimum absolute atomic E-state index is 0.0942. The molecule has 2 aromatic rings. The van der Waals surface area contributed by atoms with Crippen LogP contribution in [0.15, 0.2) is 47.4 Å². The highest BCUT2D eigenvalue weighted by Gasteiger charge is 2.34. The van der Waals surface area contributed by atoms with E-state index < -0.39 is 28.8 Å². The molecule has 0 bridgehead atoms. The van der Waals surface area contributed by atoms with E-state index in [0.29, 0.717) is 17.9 Å². The second kappa shape index (κ2) is 11.0. The number of thioether (sulfide) groups is 1. The van der Waals surface area contributed by atoms with Crippen molar-refractivity contribution in [1.82, 2.24) is 10.4 Å². The summed E-state index contributed by atoms with van der Waals surface area (Å²) in [7, 11) is 0. The summed E-state index contributed by atoms with van der Waals surface area (Å²) in [6, 6.07) is 9.65. The molecular weight excluding hydrogens is 498 g/mol. The molecule has 2 aromatic carbocycles. The number of carbonyl (C=O) groups excluding carboxylic acids is 2. The third kappa shape index (κ3) is 6.13. The molecule has 3 rings (SSSR count). The zero-order valence-electron chi connectivity index (χ0n) is 18.4. The SMILES string of the molecule is CCOc1cc(/C=C2/SC(=S)N(NC(=O)c3ccc([N+](=O)[O-])cc3)C2=O)ccc1OC(C)C(=O)O. The van der Waals surface area contributed by atoms with Gasteiger partial charge in [0.25, 0.3) is 17.5 Å². The smallest absolute Gasteiger partial charge is 0.344 e. The van der Waals surface area contributed by atoms with Gasteiger partial charge >= 0.3 is 5.97 Å². The Labute approximate surface area is 208 Å². The van der Waals surface area contributed by atoms with Crippen LogP contribution in [0.3, 0.4) is 0 Å². The van der Waals surface area contributed by atoms with Gasteiger partial charge in [0, 0.05) is 17.7 Å². The number of benzene rings is 2. The summed E-state index contributed by atoms with van der Waals surface area (Å²) >= 11 is 6.19. The van der Waals surface area contributed by atoms with Crippen molar-refractivity contribution in [2.45, 2.75) is 20.0 Å². The van der Waals surface area contributed by atoms with Crippen molar-refractivity contribution in [1.29, 1.82) is 0 Å². The first kappa shape index (κ1) is 25.6. The quantitative estimate of drug-likeness (QED) is 0.219. The van der Waals surface area contributed by atoms with E-state index in [1.165, 1.54) is 37.3 Å². The van der Waals surface area contributed by atoms with Crippen LogP contribution in [-0.2, 0) is 9.59 Å². The number of carbonyl (C=O) groups is 3. The van der Waals surface area contributed by atoms with Gasteiger partial charge in [0.1, 0.15) is 0 Å². The van der Waals surface area contributed by atoms with Gasteiger partial charge in [-0.2, -0.15) is 5.01 Å². The number of ether oxygens (including phenoxy) is 2. The molecule has 1 heterocycles. The molecule has 0 spiro atoms. The third-order valence-corrected chi connectivity index (χ3v) is 5.87. The van der Waals surface area contributed by atoms with Crippen LogP contribution in [0, 0.1) is 10.1 Å². The fraction of sp³-hybridized carbons (Fsp3) is 0.182. The topological polar surface area (TPSA) is 148 Å². The maximum absolute atomic E-state index is 12.9. The van der Waals surface area contributed by atoms with Crippen molar-refractivity contribution >= 4 is 57.8 Å². The van der Waals surface area contributed by atoms with E-state index in [0.717, 1.165) is 16.8 Å². The number of hydrogen-bond acceptors (Lipinski definition) is 9. The largest absolute Gasteiger partial charge is 0.490 e. The van der Waals surface area contributed by atoms with Gasteiger partial charge in [-0.1, -0.05) is 17.8 Å². The molecule has 2 amide bonds. The van der Waals surface area contributed by atoms with Gasteiger partial charge in [-0.25, -0.2) is 4.79 Å². The molecule has 182 valence electrons. The molecule has 1 atom stereocenters. The molecule has 1 saturated heterocycles. The zero-order valence-corrected chi connectivity index (χ0v) is 20.1. The molecule has 0 aliphatic carbocycles. The highest BCUT2D eigenvalue weighted by Crippen LogP contribution is 2.34. The Morgan fingerprint density at radius 2 is 1.94 bits per heavy atom. The molecule has 1 aliphatic rings. The predicted octanol–water partition coefficient (Wildman–Crippen LogP) is 3.39. The molecule has 2 N–H and O–H groups in total. The van der Waals surface area contributed by atoms with Gasteiger partial charge < -0.3 is 14.6 Å². The van der Waals surface area contributed by atoms with Crippen LogP contribution in [-0.4, -0.2) is 49.9 Å². The molecule has 13 heteroatoms. The molecule has 1 unspecified atom stereocenters. The molecular formula is C22H19N3O8S2. The van der Waals surface area contributed by atoms with Gasteiger partial charge in [-0.15, -0.1) is 0 Å². The van der Waals surface area contributed by atoms with E-state index in [-0.39, 0.29) is 26.2 Å². The number of nitrogens with one attached hydrogen (secondary N) is 1. The van der Waals surface area contributed by atoms with Crippen LogP contribution >= 0.6 is 24.0 Å². The number of thiocarbonyl (C=S) groups is 1. The first-order valence-electron chi connectivity index (χ1n) is 10.1. The summed E-state index contributed by atoms with van der Waals surface area (Å²) in [6.07, 6.45) is 0.459. The average Bonchev–Trinajstić information content (AvgIpc) is 3.08. The molecule has 11 nitrogen and oxygen atoms in total. The Morgan fingerprint density at radius 1 is 1.26 bits per heavy atom. The van der Waals surface area contributed by atoms with Crippen molar-refractivity contribution < 1.29 is 33.9 Å². The fourth-order valence-corrected chi connectivity index (χ4v) is 4.02. The highest BCUT2D eigenvalue weighted by molar-refractivity contribution is 8.26. The molecule has 1 fully saturated rings. The number of rotatable bonds is 9. The monoisotopic (exact) mass is 517 g/mol. The lowest BCUT2D eigenvalue weighted by atomic mass is 10.2. The van der Waals surface area contributed by atoms with Gasteiger partial charge in [-0.3, -0.25) is 25.1 Å². The Bertz CT molecular complexity index is 1230. The summed E-state index contributed by atoms with van der Waals surface area (Å²) < 4.78 is 11.1. The summed E-state index contributed by atoms with van der Waals surface area (Å²) in [4.78, 5) is 46.8. The first-order valence-corrected chi connectivity index (χ1v) is 11.3. The highest BCUT2D eigenvalue weighted by atomic mass is 32.2. The number of aliphatic carboxylic acids is 1. The van der Waals surface area contributed by atoms with Crippen molar-refractivity contribution in [3.63, 3.8) is 0 Å². The number of nitro benzene ring substituents is 1. The summed E-state index contributed by atoms with van der Waals surface area (Å²) in [6.45, 7) is 3.45. The van der Waals surface area contributed by atoms with Crippen LogP contribution in [0.25, 0.3) is 6.08 Å². The second-order valence-corrected chi connectivity index (χ2v) is 8.68. The van der Waals surface area contributed by atoms with Crippen molar-refractivity contribution in [3.8, 4) is 11.5 Å². The standard InChI is InChI=1S/C22H19N3O8S2/c1-3-32-17-10-13(4-9-16(17)33-12(2)21(28)29)11-18-20(27)24(22(34)35-18)23-19(26)14-5-7-15(8-6-14)25(30)31/h4-12H,3H2,1-2H3,(H,23,26)(H,28,29)/b18-11+. The van der Waals surface area contributed by atoms with E-state index in [4.69, 9.17) is 26.8 Å². The number of non-ortho nitro benzene ring substituents is 1. The number of amides is 2. The van der Waals surface area contributed by atoms with E-state index >= 15 is 0 Å². The number of nitrogens with zero attached hydrogens (tertiary/aromatic N) is 2. The van der Waals surface area contributed by atoms with Crippen molar-refractivity contribution in [2.24, 2.45) is 0 Å². The first-order chi connectivity index (χ1) is 16.6. The third-order valence-electron chi connectivity index (χ3n) is 4.56. The minimum atomic E-state index is -1.13. The lowest BCUT2D eigenvalue weighted by Crippen LogP contribution is -2.44. The maximum atomic E-state index is 12.9. The lowest BCUT2D eigenvalue weighted by Gasteiger charge is -2.16. The molecule has 0 saturated carbocycles. The number of hydrazine groups is 1. The fourth-order valence-electron chi connectivity index (χ4n) is 2.84. The summed E-state index contributed by atoms with van der Waals surface area (Å²) in [5, 5.41) is 20.8. The Hall–Kier alpha value is -3.97. The van der Waals surface area contributed by atoms with Crippen molar-refractivity contribution in [3.05, 3.63) is 68.6 Å². The molecule has 35 heavy (non-hydrogen) atoms. The van der Waals surface area contributed by atoms with E-state index in [2.05, 4.69) is 5.43 Å². The van der Waals surface area contributed by atoms with E-state index in [1.54, 1.807) is 25.1 Å². The van der Waals surface area contributed by atoms with Crippen LogP contribution in [0.5, 0.6) is 11.5 Å². The van der Waals surface area contributed by atoms with Crippen LogP contribution in [0.1, 0.15) is 29.8 Å². The Morgan fingerprint density at radius 3 is 2.54 bits per heavy atom. The molecule has 1 aliphatic heterocycles. The number of carboxylic acids is 1. The lowest BCUT2D eigenvalue weighted by molar-refractivity contribution is -0.384. The zero-order chi connectivity index (χ0) is 25.7. The average molecular weight is 518 g/mol. The molecule has 0 aromatic heterocycles. The summed E-state index contributed by atoms with van der Waals surface area (Å²) in [5.74, 6) is -1.81. The summed E-state index contributed by atoms with van der Waals surface area (Å²) in [5.41, 5.74) is 2.91. The minimum Gasteiger partial charge on any atom is -0.490 e. The number of nitro groups is 1. The van der Waals surface area contributed by atoms with Crippen molar-refractivity contribution in [2.75, 3.05) is 6.61 Å². The maximum Gasteiger partial charge on any atom is 0.344 e. The van der Waals surface area contributed by atoms with Crippen LogP contribution in [0.2, 0.25) is 0 Å². The Balaban J connectivity index is 1.77. The van der Waals surface area contributed by atoms with Gasteiger partial charge in [0.15, 0.2) is 21.9 Å². The Kier molecular flexibility index (Phi) is 8.04. The second-order valence-electron chi connectivity index (χ2n) is 7.00. The van der Waals surface area contributed by atoms with Gasteiger partial charge in [-0.05, 0) is 62.0 Å². The van der Waals surface area contributed by atoms with Gasteiger partial charge in [0.05, 0.1) is 16.4 Å². The van der Waals surface area contributed by atoms with Crippen LogP contribution in [0.4, 0.5) is 5.69 Å². The molecule has 0 radical (unpaired) electrons. The van der Waals surface area contributed by atoms with E-state index in [1.807, 2.05) is 0 Å². The van der Waals surface area contributed by atoms with Crippen LogP contribution < -0.4 is 14.9 Å². The number of hydrogen-bond donors (Lipinski definition) is 2. The number of carboxylic acid groups (broad SMARTS) is 1. The van der Waals surface area contributed by atoms with E-state index in [9.17, 15) is 24.5 Å².